The predicted octanol–water partition coefficient (Wildman–Crippen LogP) is -0.612. The molecule has 5 atom stereocenters. The summed E-state index contributed by atoms with van der Waals surface area (Å²) in [5, 5.41) is 32.7. The van der Waals surface area contributed by atoms with E-state index in [2.05, 4.69) is 5.32 Å². The normalized spacial score (nSPS) is 27.9. The third-order valence-electron chi connectivity index (χ3n) is 4.23. The summed E-state index contributed by atoms with van der Waals surface area (Å²) in [5.74, 6) is 0.0379. The number of hydrogen-bond donors (Lipinski definition) is 5. The van der Waals surface area contributed by atoms with Crippen molar-refractivity contribution in [1.29, 1.82) is 0 Å². The number of carbonyl (C=O) groups excluding carboxylic acids is 1. The summed E-state index contributed by atoms with van der Waals surface area (Å²) in [5.41, 5.74) is 6.18. The second-order valence-electron chi connectivity index (χ2n) is 6.37. The number of anilines is 1. The third-order valence-corrected chi connectivity index (χ3v) is 4.23. The van der Waals surface area contributed by atoms with E-state index in [0.29, 0.717) is 18.0 Å². The van der Waals surface area contributed by atoms with Gasteiger partial charge in [-0.2, -0.15) is 0 Å². The van der Waals surface area contributed by atoms with Gasteiger partial charge in [0.1, 0.15) is 30.7 Å². The minimum absolute atomic E-state index is 0.322. The highest BCUT2D eigenvalue weighted by atomic mass is 16.7. The molecule has 1 heterocycles. The van der Waals surface area contributed by atoms with Crippen molar-refractivity contribution in [3.63, 3.8) is 0 Å². The van der Waals surface area contributed by atoms with Crippen LogP contribution in [0.25, 0.3) is 0 Å². The SMILES string of the molecule is CCCCNC(=O)CO[C@H]1[C@@H](O)[C@@H](CO)O[C@@H](O)[C@@H]1Oc1ccc(N)cc1. The van der Waals surface area contributed by atoms with E-state index >= 15 is 0 Å². The highest BCUT2D eigenvalue weighted by Gasteiger charge is 2.47. The van der Waals surface area contributed by atoms with Gasteiger partial charge in [0, 0.05) is 12.2 Å². The van der Waals surface area contributed by atoms with Gasteiger partial charge in [-0.3, -0.25) is 4.79 Å². The Morgan fingerprint density at radius 2 is 1.96 bits per heavy atom. The monoisotopic (exact) mass is 384 g/mol. The topological polar surface area (TPSA) is 144 Å². The molecule has 1 aliphatic rings. The van der Waals surface area contributed by atoms with Gasteiger partial charge in [0.05, 0.1) is 6.61 Å². The second kappa shape index (κ2) is 10.4. The van der Waals surface area contributed by atoms with Crippen LogP contribution in [0.3, 0.4) is 0 Å². The van der Waals surface area contributed by atoms with E-state index in [0.717, 1.165) is 12.8 Å². The number of nitrogens with one attached hydrogen (secondary N) is 1. The fourth-order valence-corrected chi connectivity index (χ4v) is 2.71. The molecule has 0 saturated carbocycles. The maximum atomic E-state index is 11.9. The zero-order valence-electron chi connectivity index (χ0n) is 15.3. The number of aliphatic hydroxyl groups excluding tert-OH is 3. The van der Waals surface area contributed by atoms with Crippen LogP contribution >= 0.6 is 0 Å². The molecule has 0 radical (unpaired) electrons. The van der Waals surface area contributed by atoms with Crippen LogP contribution in [0.1, 0.15) is 19.8 Å². The van der Waals surface area contributed by atoms with Crippen molar-refractivity contribution in [3.8, 4) is 5.75 Å². The quantitative estimate of drug-likeness (QED) is 0.280. The van der Waals surface area contributed by atoms with Crippen LogP contribution < -0.4 is 15.8 Å². The van der Waals surface area contributed by atoms with E-state index < -0.39 is 37.3 Å². The fraction of sp³-hybridized carbons (Fsp3) is 0.611. The average Bonchev–Trinajstić information content (AvgIpc) is 2.65. The van der Waals surface area contributed by atoms with Gasteiger partial charge in [0.25, 0.3) is 0 Å². The second-order valence-corrected chi connectivity index (χ2v) is 6.37. The van der Waals surface area contributed by atoms with Crippen LogP contribution in [0.5, 0.6) is 5.75 Å². The summed E-state index contributed by atoms with van der Waals surface area (Å²) in [4.78, 5) is 11.9. The lowest BCUT2D eigenvalue weighted by atomic mass is 9.98. The Kier molecular flexibility index (Phi) is 8.26. The van der Waals surface area contributed by atoms with Gasteiger partial charge in [-0.25, -0.2) is 0 Å². The molecular formula is C18H28N2O7. The van der Waals surface area contributed by atoms with Crippen molar-refractivity contribution in [2.75, 3.05) is 25.5 Å². The van der Waals surface area contributed by atoms with Gasteiger partial charge in [-0.15, -0.1) is 0 Å². The van der Waals surface area contributed by atoms with Crippen LogP contribution in [-0.4, -0.2) is 71.7 Å². The summed E-state index contributed by atoms with van der Waals surface area (Å²) in [6, 6.07) is 6.44. The van der Waals surface area contributed by atoms with Gasteiger partial charge in [0.2, 0.25) is 5.91 Å². The number of benzene rings is 1. The summed E-state index contributed by atoms with van der Waals surface area (Å²) in [6.07, 6.45) is -4.20. The maximum absolute atomic E-state index is 11.9. The lowest BCUT2D eigenvalue weighted by molar-refractivity contribution is -0.287. The standard InChI is InChI=1S/C18H28N2O7/c1-2-3-8-20-14(22)10-25-16-15(23)13(9-21)27-18(24)17(16)26-12-6-4-11(19)5-7-12/h4-7,13,15-18,21,23-24H,2-3,8-10,19H2,1H3,(H,20,22)/t13-,15+,16+,17-,18-/m1/s1. The molecule has 1 aromatic carbocycles. The summed E-state index contributed by atoms with van der Waals surface area (Å²) >= 11 is 0. The van der Waals surface area contributed by atoms with Gasteiger partial charge in [-0.05, 0) is 30.7 Å². The Morgan fingerprint density at radius 1 is 1.26 bits per heavy atom. The van der Waals surface area contributed by atoms with E-state index in [9.17, 15) is 20.1 Å². The summed E-state index contributed by atoms with van der Waals surface area (Å²) in [7, 11) is 0. The zero-order valence-corrected chi connectivity index (χ0v) is 15.3. The number of unbranched alkanes of at least 4 members (excludes halogenated alkanes) is 1. The molecule has 9 heteroatoms. The van der Waals surface area contributed by atoms with Crippen molar-refractivity contribution in [1.82, 2.24) is 5.32 Å². The average molecular weight is 384 g/mol. The van der Waals surface area contributed by atoms with Crippen LogP contribution in [0.2, 0.25) is 0 Å². The third kappa shape index (κ3) is 6.05. The number of ether oxygens (including phenoxy) is 3. The molecule has 1 saturated heterocycles. The lowest BCUT2D eigenvalue weighted by Gasteiger charge is -2.41. The van der Waals surface area contributed by atoms with Gasteiger partial charge >= 0.3 is 0 Å². The minimum atomic E-state index is -1.46. The maximum Gasteiger partial charge on any atom is 0.246 e. The predicted molar refractivity (Wildman–Crippen MR) is 96.9 cm³/mol. The van der Waals surface area contributed by atoms with Crippen molar-refractivity contribution >= 4 is 11.6 Å². The van der Waals surface area contributed by atoms with Crippen molar-refractivity contribution in [2.24, 2.45) is 0 Å². The summed E-state index contributed by atoms with van der Waals surface area (Å²) in [6.45, 7) is 1.70. The molecule has 1 aromatic rings. The van der Waals surface area contributed by atoms with E-state index in [4.69, 9.17) is 19.9 Å². The number of aliphatic hydroxyl groups is 3. The Bertz CT molecular complexity index is 584. The van der Waals surface area contributed by atoms with Gasteiger partial charge in [-0.1, -0.05) is 13.3 Å². The van der Waals surface area contributed by atoms with Crippen LogP contribution in [0.15, 0.2) is 24.3 Å². The summed E-state index contributed by atoms with van der Waals surface area (Å²) < 4.78 is 16.4. The van der Waals surface area contributed by atoms with E-state index in [1.807, 2.05) is 6.92 Å². The Morgan fingerprint density at radius 3 is 2.59 bits per heavy atom. The smallest absolute Gasteiger partial charge is 0.246 e. The minimum Gasteiger partial charge on any atom is -0.482 e. The molecule has 27 heavy (non-hydrogen) atoms. The number of amides is 1. The highest BCUT2D eigenvalue weighted by molar-refractivity contribution is 5.77. The molecule has 6 N–H and O–H groups in total. The van der Waals surface area contributed by atoms with Gasteiger partial charge < -0.3 is 40.6 Å². The van der Waals surface area contributed by atoms with Crippen molar-refractivity contribution < 1.29 is 34.3 Å². The van der Waals surface area contributed by atoms with E-state index in [-0.39, 0.29) is 12.5 Å². The first kappa shape index (κ1) is 21.4. The number of carbonyl (C=O) groups is 1. The Labute approximate surface area is 158 Å². The molecule has 152 valence electrons. The van der Waals surface area contributed by atoms with Crippen LogP contribution in [-0.2, 0) is 14.3 Å². The fourth-order valence-electron chi connectivity index (χ4n) is 2.71. The number of rotatable bonds is 9. The van der Waals surface area contributed by atoms with E-state index in [1.54, 1.807) is 24.3 Å². The molecule has 0 unspecified atom stereocenters. The molecule has 0 aromatic heterocycles. The number of hydrogen-bond acceptors (Lipinski definition) is 8. The highest BCUT2D eigenvalue weighted by Crippen LogP contribution is 2.27. The lowest BCUT2D eigenvalue weighted by Crippen LogP contribution is -2.61. The molecule has 1 amide bonds. The molecule has 1 aliphatic heterocycles. The molecule has 0 bridgehead atoms. The zero-order chi connectivity index (χ0) is 19.8. The van der Waals surface area contributed by atoms with Gasteiger partial charge in [0.15, 0.2) is 12.4 Å². The first-order valence-electron chi connectivity index (χ1n) is 8.99. The molecule has 1 fully saturated rings. The largest absolute Gasteiger partial charge is 0.482 e. The van der Waals surface area contributed by atoms with Crippen LogP contribution in [0.4, 0.5) is 5.69 Å². The molecule has 9 nitrogen and oxygen atoms in total. The Hall–Kier alpha value is -1.91. The Balaban J connectivity index is 2.05. The number of nitrogen functional groups attached to an aromatic ring is 1. The molecule has 2 rings (SSSR count). The first-order chi connectivity index (χ1) is 13.0. The molecule has 0 aliphatic carbocycles. The first-order valence-corrected chi connectivity index (χ1v) is 8.99. The number of nitrogens with two attached hydrogens (primary N) is 1. The van der Waals surface area contributed by atoms with Crippen LogP contribution in [0, 0.1) is 0 Å². The van der Waals surface area contributed by atoms with Crippen molar-refractivity contribution in [2.45, 2.75) is 50.5 Å². The van der Waals surface area contributed by atoms with Crippen molar-refractivity contribution in [3.05, 3.63) is 24.3 Å². The molecular weight excluding hydrogens is 356 g/mol. The van der Waals surface area contributed by atoms with E-state index in [1.165, 1.54) is 0 Å². The molecule has 0 spiro atoms.